The molecule has 0 aliphatic heterocycles. The zero-order valence-corrected chi connectivity index (χ0v) is 8.63. The van der Waals surface area contributed by atoms with Crippen molar-refractivity contribution in [3.63, 3.8) is 0 Å². The van der Waals surface area contributed by atoms with E-state index >= 15 is 0 Å². The van der Waals surface area contributed by atoms with Gasteiger partial charge in [0.25, 0.3) is 0 Å². The van der Waals surface area contributed by atoms with E-state index in [1.165, 1.54) is 12.8 Å². The summed E-state index contributed by atoms with van der Waals surface area (Å²) in [6, 6.07) is 0.231. The molecule has 2 nitrogen and oxygen atoms in total. The molecule has 1 saturated carbocycles. The van der Waals surface area contributed by atoms with Gasteiger partial charge in [-0.05, 0) is 24.2 Å². The lowest BCUT2D eigenvalue weighted by molar-refractivity contribution is -0.00670. The summed E-state index contributed by atoms with van der Waals surface area (Å²) in [5.41, 5.74) is 6.26. The molecule has 2 unspecified atom stereocenters. The normalized spacial score (nSPS) is 23.8. The van der Waals surface area contributed by atoms with Crippen LogP contribution in [0.15, 0.2) is 0 Å². The topological polar surface area (TPSA) is 35.2 Å². The first-order valence-electron chi connectivity index (χ1n) is 4.75. The van der Waals surface area contributed by atoms with E-state index in [1.807, 2.05) is 0 Å². The average molecular weight is 171 g/mol. The van der Waals surface area contributed by atoms with Gasteiger partial charge in [-0.25, -0.2) is 0 Å². The number of hydrogen-bond donors (Lipinski definition) is 1. The van der Waals surface area contributed by atoms with Crippen LogP contribution < -0.4 is 5.73 Å². The molecule has 12 heavy (non-hydrogen) atoms. The summed E-state index contributed by atoms with van der Waals surface area (Å²) in [6.07, 6.45) is 2.78. The zero-order chi connectivity index (χ0) is 9.35. The van der Waals surface area contributed by atoms with Crippen LogP contribution in [0.2, 0.25) is 0 Å². The highest BCUT2D eigenvalue weighted by molar-refractivity contribution is 4.93. The molecule has 0 aromatic carbocycles. The van der Waals surface area contributed by atoms with Gasteiger partial charge in [0.1, 0.15) is 0 Å². The van der Waals surface area contributed by atoms with Crippen LogP contribution in [0.3, 0.4) is 0 Å². The lowest BCUT2D eigenvalue weighted by atomic mass is 9.83. The summed E-state index contributed by atoms with van der Waals surface area (Å²) in [6.45, 7) is 6.55. The third-order valence-electron chi connectivity index (χ3n) is 2.62. The average Bonchev–Trinajstić information content (AvgIpc) is 2.65. The molecule has 72 valence electrons. The lowest BCUT2D eigenvalue weighted by Crippen LogP contribution is -2.46. The SMILES string of the molecule is COC(C(N)C1CC1)C(C)(C)C. The minimum Gasteiger partial charge on any atom is -0.379 e. The molecule has 0 bridgehead atoms. The first kappa shape index (κ1) is 10.0. The summed E-state index contributed by atoms with van der Waals surface area (Å²) in [7, 11) is 1.76. The van der Waals surface area contributed by atoms with Crippen LogP contribution in [0.5, 0.6) is 0 Å². The molecule has 0 saturated heterocycles. The van der Waals surface area contributed by atoms with Crippen molar-refractivity contribution in [3.8, 4) is 0 Å². The highest BCUT2D eigenvalue weighted by atomic mass is 16.5. The maximum absolute atomic E-state index is 6.09. The van der Waals surface area contributed by atoms with E-state index in [-0.39, 0.29) is 17.6 Å². The van der Waals surface area contributed by atoms with E-state index in [1.54, 1.807) is 7.11 Å². The molecule has 0 spiro atoms. The summed E-state index contributed by atoms with van der Waals surface area (Å²) >= 11 is 0. The molecule has 1 rings (SSSR count). The largest absolute Gasteiger partial charge is 0.379 e. The Kier molecular flexibility index (Phi) is 2.79. The summed E-state index contributed by atoms with van der Waals surface area (Å²) < 4.78 is 5.45. The van der Waals surface area contributed by atoms with Crippen molar-refractivity contribution in [2.45, 2.75) is 45.8 Å². The molecule has 0 heterocycles. The van der Waals surface area contributed by atoms with E-state index in [9.17, 15) is 0 Å². The van der Waals surface area contributed by atoms with Crippen LogP contribution in [0, 0.1) is 11.3 Å². The van der Waals surface area contributed by atoms with Gasteiger partial charge in [0, 0.05) is 13.2 Å². The summed E-state index contributed by atoms with van der Waals surface area (Å²) in [5, 5.41) is 0. The van der Waals surface area contributed by atoms with Crippen LogP contribution in [0.25, 0.3) is 0 Å². The summed E-state index contributed by atoms with van der Waals surface area (Å²) in [4.78, 5) is 0. The standard InChI is InChI=1S/C10H21NO/c1-10(2,3)9(12-4)8(11)7-5-6-7/h7-9H,5-6,11H2,1-4H3. The number of hydrogen-bond acceptors (Lipinski definition) is 2. The van der Waals surface area contributed by atoms with Crippen LogP contribution >= 0.6 is 0 Å². The number of nitrogens with two attached hydrogens (primary N) is 1. The molecular formula is C10H21NO. The van der Waals surface area contributed by atoms with Crippen molar-refractivity contribution in [2.75, 3.05) is 7.11 Å². The molecule has 0 radical (unpaired) electrons. The first-order valence-corrected chi connectivity index (χ1v) is 4.75. The van der Waals surface area contributed by atoms with Crippen molar-refractivity contribution in [2.24, 2.45) is 17.1 Å². The highest BCUT2D eigenvalue weighted by Gasteiger charge is 2.39. The predicted molar refractivity (Wildman–Crippen MR) is 51.0 cm³/mol. The Morgan fingerprint density at radius 1 is 1.33 bits per heavy atom. The Morgan fingerprint density at radius 2 is 1.83 bits per heavy atom. The molecule has 0 amide bonds. The molecule has 0 aromatic rings. The summed E-state index contributed by atoms with van der Waals surface area (Å²) in [5.74, 6) is 0.717. The second-order valence-corrected chi connectivity index (χ2v) is 4.94. The van der Waals surface area contributed by atoms with Gasteiger partial charge in [0.15, 0.2) is 0 Å². The van der Waals surface area contributed by atoms with Gasteiger partial charge in [-0.2, -0.15) is 0 Å². The van der Waals surface area contributed by atoms with Gasteiger partial charge >= 0.3 is 0 Å². The lowest BCUT2D eigenvalue weighted by Gasteiger charge is -2.34. The van der Waals surface area contributed by atoms with Gasteiger partial charge in [-0.3, -0.25) is 0 Å². The quantitative estimate of drug-likeness (QED) is 0.702. The fourth-order valence-corrected chi connectivity index (χ4v) is 1.82. The number of methoxy groups -OCH3 is 1. The Balaban J connectivity index is 2.53. The third kappa shape index (κ3) is 2.20. The van der Waals surface area contributed by atoms with Gasteiger partial charge in [-0.1, -0.05) is 20.8 Å². The van der Waals surface area contributed by atoms with Crippen LogP contribution in [-0.4, -0.2) is 19.3 Å². The van der Waals surface area contributed by atoms with Gasteiger partial charge in [0.2, 0.25) is 0 Å². The second kappa shape index (κ2) is 3.35. The second-order valence-electron chi connectivity index (χ2n) is 4.94. The molecule has 1 aliphatic carbocycles. The monoisotopic (exact) mass is 171 g/mol. The van der Waals surface area contributed by atoms with E-state index in [4.69, 9.17) is 10.5 Å². The smallest absolute Gasteiger partial charge is 0.0772 e. The van der Waals surface area contributed by atoms with E-state index in [0.29, 0.717) is 5.92 Å². The van der Waals surface area contributed by atoms with Crippen LogP contribution in [0.1, 0.15) is 33.6 Å². The Bertz CT molecular complexity index is 146. The van der Waals surface area contributed by atoms with Gasteiger partial charge in [-0.15, -0.1) is 0 Å². The Morgan fingerprint density at radius 3 is 2.08 bits per heavy atom. The fraction of sp³-hybridized carbons (Fsp3) is 1.00. The van der Waals surface area contributed by atoms with Crippen molar-refractivity contribution in [3.05, 3.63) is 0 Å². The van der Waals surface area contributed by atoms with Gasteiger partial charge in [0.05, 0.1) is 6.10 Å². The van der Waals surface area contributed by atoms with Crippen molar-refractivity contribution in [1.29, 1.82) is 0 Å². The zero-order valence-electron chi connectivity index (χ0n) is 8.63. The minimum atomic E-state index is 0.163. The van der Waals surface area contributed by atoms with Crippen molar-refractivity contribution < 1.29 is 4.74 Å². The molecule has 2 N–H and O–H groups in total. The Labute approximate surface area is 75.5 Å². The molecule has 1 fully saturated rings. The Hall–Kier alpha value is -0.0800. The maximum Gasteiger partial charge on any atom is 0.0772 e. The minimum absolute atomic E-state index is 0.163. The van der Waals surface area contributed by atoms with E-state index in [2.05, 4.69) is 20.8 Å². The van der Waals surface area contributed by atoms with Crippen LogP contribution in [0.4, 0.5) is 0 Å². The number of rotatable bonds is 3. The molecule has 2 heteroatoms. The fourth-order valence-electron chi connectivity index (χ4n) is 1.82. The predicted octanol–water partition coefficient (Wildman–Crippen LogP) is 1.78. The third-order valence-corrected chi connectivity index (χ3v) is 2.62. The van der Waals surface area contributed by atoms with Crippen LogP contribution in [-0.2, 0) is 4.74 Å². The molecular weight excluding hydrogens is 150 g/mol. The van der Waals surface area contributed by atoms with Crippen molar-refractivity contribution >= 4 is 0 Å². The van der Waals surface area contributed by atoms with Gasteiger partial charge < -0.3 is 10.5 Å². The van der Waals surface area contributed by atoms with E-state index in [0.717, 1.165) is 0 Å². The highest BCUT2D eigenvalue weighted by Crippen LogP contribution is 2.37. The molecule has 0 aromatic heterocycles. The van der Waals surface area contributed by atoms with E-state index < -0.39 is 0 Å². The first-order chi connectivity index (χ1) is 5.46. The molecule has 1 aliphatic rings. The maximum atomic E-state index is 6.09. The number of ether oxygens (including phenoxy) is 1. The van der Waals surface area contributed by atoms with Crippen molar-refractivity contribution in [1.82, 2.24) is 0 Å². The molecule has 2 atom stereocenters.